The Hall–Kier alpha value is -3.19. The zero-order valence-electron chi connectivity index (χ0n) is 13.1. The molecule has 0 radical (unpaired) electrons. The first-order valence-corrected chi connectivity index (χ1v) is 7.54. The van der Waals surface area contributed by atoms with Crippen molar-refractivity contribution in [1.82, 2.24) is 0 Å². The van der Waals surface area contributed by atoms with Gasteiger partial charge in [0.2, 0.25) is 0 Å². The van der Waals surface area contributed by atoms with E-state index in [1.165, 1.54) is 12.1 Å². The number of carbonyl (C=O) groups is 3. The number of ketones is 1. The molecule has 1 amide bonds. The lowest BCUT2D eigenvalue weighted by Crippen LogP contribution is -2.25. The van der Waals surface area contributed by atoms with E-state index in [0.717, 1.165) is 0 Å². The van der Waals surface area contributed by atoms with E-state index in [0.29, 0.717) is 17.0 Å². The maximum Gasteiger partial charge on any atom is 0.340 e. The molecule has 2 N–H and O–H groups in total. The fraction of sp³-hybridized carbons (Fsp3) is 0.167. The lowest BCUT2D eigenvalue weighted by atomic mass is 10.1. The average Bonchev–Trinajstić information content (AvgIpc) is 2.65. The molecule has 0 bridgehead atoms. The molecule has 2 aromatic carbocycles. The fourth-order valence-electron chi connectivity index (χ4n) is 2.33. The van der Waals surface area contributed by atoms with Crippen LogP contribution in [-0.2, 0) is 14.3 Å². The van der Waals surface area contributed by atoms with Gasteiger partial charge in [-0.1, -0.05) is 30.3 Å². The van der Waals surface area contributed by atoms with Gasteiger partial charge in [-0.25, -0.2) is 4.79 Å². The lowest BCUT2D eigenvalue weighted by molar-refractivity contribution is -0.152. The number of anilines is 1. The van der Waals surface area contributed by atoms with E-state index >= 15 is 0 Å². The molecule has 0 spiro atoms. The van der Waals surface area contributed by atoms with Gasteiger partial charge in [-0.2, -0.15) is 0 Å². The summed E-state index contributed by atoms with van der Waals surface area (Å²) >= 11 is 0. The third kappa shape index (κ3) is 3.84. The molecule has 0 aromatic heterocycles. The van der Waals surface area contributed by atoms with Crippen molar-refractivity contribution in [2.24, 2.45) is 0 Å². The van der Waals surface area contributed by atoms with Crippen LogP contribution in [-0.4, -0.2) is 36.0 Å². The van der Waals surface area contributed by atoms with Gasteiger partial charge in [-0.15, -0.1) is 0 Å². The van der Waals surface area contributed by atoms with Crippen LogP contribution >= 0.6 is 0 Å². The number of nitrogens with one attached hydrogen (secondary N) is 1. The Morgan fingerprint density at radius 3 is 2.72 bits per heavy atom. The van der Waals surface area contributed by atoms with Crippen molar-refractivity contribution in [3.05, 3.63) is 59.7 Å². The molecule has 25 heavy (non-hydrogen) atoms. The summed E-state index contributed by atoms with van der Waals surface area (Å²) in [5, 5.41) is 12.5. The summed E-state index contributed by atoms with van der Waals surface area (Å²) in [7, 11) is 0. The minimum atomic E-state index is -1.45. The lowest BCUT2D eigenvalue weighted by Gasteiger charge is -2.18. The number of esters is 1. The Morgan fingerprint density at radius 1 is 1.20 bits per heavy atom. The van der Waals surface area contributed by atoms with Gasteiger partial charge in [0.25, 0.3) is 5.91 Å². The molecule has 0 saturated heterocycles. The first-order chi connectivity index (χ1) is 12.0. The zero-order chi connectivity index (χ0) is 17.8. The van der Waals surface area contributed by atoms with Gasteiger partial charge in [-0.05, 0) is 23.8 Å². The van der Waals surface area contributed by atoms with Gasteiger partial charge >= 0.3 is 5.97 Å². The van der Waals surface area contributed by atoms with Crippen molar-refractivity contribution in [3.8, 4) is 5.75 Å². The van der Waals surface area contributed by atoms with E-state index in [4.69, 9.17) is 9.47 Å². The minimum absolute atomic E-state index is 0.0741. The Morgan fingerprint density at radius 2 is 1.96 bits per heavy atom. The number of Topliss-reactive ketones (excluding diaryl/α,β-unsaturated/α-hetero) is 1. The molecule has 3 rings (SSSR count). The van der Waals surface area contributed by atoms with E-state index in [9.17, 15) is 19.5 Å². The Balaban J connectivity index is 1.62. The van der Waals surface area contributed by atoms with Crippen molar-refractivity contribution in [3.63, 3.8) is 0 Å². The van der Waals surface area contributed by atoms with Crippen LogP contribution in [0, 0.1) is 0 Å². The Labute approximate surface area is 143 Å². The number of aliphatic hydroxyl groups is 1. The normalized spacial score (nSPS) is 13.9. The summed E-state index contributed by atoms with van der Waals surface area (Å²) in [5.41, 5.74) is 1.03. The Bertz CT molecular complexity index is 818. The smallest absolute Gasteiger partial charge is 0.340 e. The van der Waals surface area contributed by atoms with Crippen molar-refractivity contribution in [2.45, 2.75) is 6.10 Å². The molecular formula is C18H15NO6. The van der Waals surface area contributed by atoms with E-state index < -0.39 is 24.5 Å². The van der Waals surface area contributed by atoms with Crippen LogP contribution in [0.2, 0.25) is 0 Å². The van der Waals surface area contributed by atoms with Crippen LogP contribution in [0.15, 0.2) is 48.5 Å². The first kappa shape index (κ1) is 16.7. The van der Waals surface area contributed by atoms with Gasteiger partial charge in [-0.3, -0.25) is 9.59 Å². The number of hydrogen-bond donors (Lipinski definition) is 2. The fourth-order valence-corrected chi connectivity index (χ4v) is 2.33. The van der Waals surface area contributed by atoms with Crippen LogP contribution in [0.4, 0.5) is 5.69 Å². The maximum atomic E-state index is 12.2. The second kappa shape index (κ2) is 7.14. The quantitative estimate of drug-likeness (QED) is 0.631. The number of carbonyl (C=O) groups excluding carboxylic acids is 3. The topological polar surface area (TPSA) is 102 Å². The molecule has 1 aliphatic heterocycles. The number of benzene rings is 2. The van der Waals surface area contributed by atoms with Crippen LogP contribution in [0.1, 0.15) is 22.0 Å². The molecule has 1 heterocycles. The predicted octanol–water partition coefficient (Wildman–Crippen LogP) is 1.48. The summed E-state index contributed by atoms with van der Waals surface area (Å²) in [6.07, 6.45) is -1.45. The monoisotopic (exact) mass is 341 g/mol. The van der Waals surface area contributed by atoms with Gasteiger partial charge in [0.1, 0.15) is 5.75 Å². The van der Waals surface area contributed by atoms with Gasteiger partial charge < -0.3 is 19.9 Å². The molecule has 7 heteroatoms. The predicted molar refractivity (Wildman–Crippen MR) is 87.3 cm³/mol. The minimum Gasteiger partial charge on any atom is -0.482 e. The number of hydrogen-bond acceptors (Lipinski definition) is 6. The molecule has 0 fully saturated rings. The summed E-state index contributed by atoms with van der Waals surface area (Å²) in [4.78, 5) is 35.3. The summed E-state index contributed by atoms with van der Waals surface area (Å²) in [6, 6.07) is 12.8. The highest BCUT2D eigenvalue weighted by Crippen LogP contribution is 2.28. The van der Waals surface area contributed by atoms with E-state index in [1.807, 2.05) is 0 Å². The van der Waals surface area contributed by atoms with Crippen molar-refractivity contribution in [1.29, 1.82) is 0 Å². The van der Waals surface area contributed by atoms with Crippen LogP contribution in [0.5, 0.6) is 5.75 Å². The third-order valence-electron chi connectivity index (χ3n) is 3.62. The molecule has 128 valence electrons. The molecule has 1 unspecified atom stereocenters. The molecule has 2 aromatic rings. The van der Waals surface area contributed by atoms with E-state index in [1.54, 1.807) is 36.4 Å². The molecule has 1 atom stereocenters. The molecule has 1 aliphatic rings. The maximum absolute atomic E-state index is 12.2. The molecular weight excluding hydrogens is 326 g/mol. The highest BCUT2D eigenvalue weighted by Gasteiger charge is 2.21. The third-order valence-corrected chi connectivity index (χ3v) is 3.62. The summed E-state index contributed by atoms with van der Waals surface area (Å²) in [6.45, 7) is -0.592. The van der Waals surface area contributed by atoms with Gasteiger partial charge in [0.05, 0.1) is 5.69 Å². The SMILES string of the molecule is O=C1COc2ccc(C(=O)COC(=O)C(O)c3ccccc3)cc2N1. The second-order valence-electron chi connectivity index (χ2n) is 5.39. The largest absolute Gasteiger partial charge is 0.482 e. The van der Waals surface area contributed by atoms with E-state index in [-0.39, 0.29) is 18.1 Å². The summed E-state index contributed by atoms with van der Waals surface area (Å²) in [5.74, 6) is -1.22. The highest BCUT2D eigenvalue weighted by molar-refractivity contribution is 6.01. The standard InChI is InChI=1S/C18H15NO6/c20-14(9-25-18(23)17(22)11-4-2-1-3-5-11)12-6-7-15-13(8-12)19-16(21)10-24-15/h1-8,17,22H,9-10H2,(H,19,21). The van der Waals surface area contributed by atoms with Crippen molar-refractivity contribution < 1.29 is 29.0 Å². The highest BCUT2D eigenvalue weighted by atomic mass is 16.5. The number of ether oxygens (including phenoxy) is 2. The number of fused-ring (bicyclic) bond motifs is 1. The average molecular weight is 341 g/mol. The van der Waals surface area contributed by atoms with Gasteiger partial charge in [0.15, 0.2) is 25.1 Å². The first-order valence-electron chi connectivity index (χ1n) is 7.54. The van der Waals surface area contributed by atoms with Crippen LogP contribution in [0.3, 0.4) is 0 Å². The number of aliphatic hydroxyl groups excluding tert-OH is 1. The zero-order valence-corrected chi connectivity index (χ0v) is 13.1. The van der Waals surface area contributed by atoms with Crippen LogP contribution < -0.4 is 10.1 Å². The van der Waals surface area contributed by atoms with Crippen molar-refractivity contribution in [2.75, 3.05) is 18.5 Å². The summed E-state index contributed by atoms with van der Waals surface area (Å²) < 4.78 is 10.1. The van der Waals surface area contributed by atoms with E-state index in [2.05, 4.69) is 5.32 Å². The number of rotatable bonds is 5. The van der Waals surface area contributed by atoms with Crippen LogP contribution in [0.25, 0.3) is 0 Å². The number of amides is 1. The molecule has 0 aliphatic carbocycles. The van der Waals surface area contributed by atoms with Gasteiger partial charge in [0, 0.05) is 5.56 Å². The Kier molecular flexibility index (Phi) is 4.76. The molecule has 0 saturated carbocycles. The second-order valence-corrected chi connectivity index (χ2v) is 5.39. The molecule has 7 nitrogen and oxygen atoms in total. The van der Waals surface area contributed by atoms with Crippen molar-refractivity contribution >= 4 is 23.3 Å².